The second-order valence-electron chi connectivity index (χ2n) is 6.12. The Balaban J connectivity index is 1.87. The summed E-state index contributed by atoms with van der Waals surface area (Å²) < 4.78 is 0. The minimum Gasteiger partial charge on any atom is -0.338 e. The molecule has 2 aromatic carbocycles. The lowest BCUT2D eigenvalue weighted by Crippen LogP contribution is -2.31. The van der Waals surface area contributed by atoms with E-state index in [0.717, 1.165) is 5.56 Å². The van der Waals surface area contributed by atoms with E-state index in [1.165, 1.54) is 13.8 Å². The zero-order chi connectivity index (χ0) is 19.8. The van der Waals surface area contributed by atoms with Crippen molar-refractivity contribution in [3.63, 3.8) is 0 Å². The van der Waals surface area contributed by atoms with Crippen LogP contribution in [-0.2, 0) is 20.9 Å². The molecule has 27 heavy (non-hydrogen) atoms. The number of carbonyl (C=O) groups is 3. The molecular formula is C20H22ClN3O3. The maximum Gasteiger partial charge on any atom is 0.226 e. The van der Waals surface area contributed by atoms with Gasteiger partial charge in [0.2, 0.25) is 17.7 Å². The smallest absolute Gasteiger partial charge is 0.226 e. The highest BCUT2D eigenvalue weighted by Gasteiger charge is 2.12. The Bertz CT molecular complexity index is 804. The highest BCUT2D eigenvalue weighted by atomic mass is 35.5. The number of nitrogens with zero attached hydrogens (tertiary/aromatic N) is 1. The van der Waals surface area contributed by atoms with Crippen molar-refractivity contribution < 1.29 is 14.4 Å². The molecule has 0 unspecified atom stereocenters. The van der Waals surface area contributed by atoms with Gasteiger partial charge in [-0.2, -0.15) is 0 Å². The molecule has 0 aliphatic carbocycles. The van der Waals surface area contributed by atoms with E-state index in [4.69, 9.17) is 11.6 Å². The van der Waals surface area contributed by atoms with Gasteiger partial charge in [0, 0.05) is 49.8 Å². The molecule has 0 heterocycles. The zero-order valence-corrected chi connectivity index (χ0v) is 16.0. The van der Waals surface area contributed by atoms with Crippen LogP contribution in [0, 0.1) is 0 Å². The number of amides is 3. The summed E-state index contributed by atoms with van der Waals surface area (Å²) in [4.78, 5) is 36.6. The molecule has 0 aliphatic rings. The van der Waals surface area contributed by atoms with Crippen molar-refractivity contribution >= 4 is 40.7 Å². The van der Waals surface area contributed by atoms with Gasteiger partial charge in [0.15, 0.2) is 0 Å². The first kappa shape index (κ1) is 20.5. The quantitative estimate of drug-likeness (QED) is 0.760. The normalized spacial score (nSPS) is 10.2. The second-order valence-corrected chi connectivity index (χ2v) is 6.56. The zero-order valence-electron chi connectivity index (χ0n) is 15.3. The average Bonchev–Trinajstić information content (AvgIpc) is 2.61. The van der Waals surface area contributed by atoms with E-state index in [2.05, 4.69) is 10.6 Å². The van der Waals surface area contributed by atoms with Crippen LogP contribution in [0.5, 0.6) is 0 Å². The van der Waals surface area contributed by atoms with Crippen LogP contribution >= 0.6 is 11.6 Å². The van der Waals surface area contributed by atoms with E-state index in [1.807, 2.05) is 12.1 Å². The summed E-state index contributed by atoms with van der Waals surface area (Å²) >= 11 is 5.87. The summed E-state index contributed by atoms with van der Waals surface area (Å²) in [5.41, 5.74) is 2.23. The first-order valence-electron chi connectivity index (χ1n) is 8.51. The monoisotopic (exact) mass is 387 g/mol. The lowest BCUT2D eigenvalue weighted by molar-refractivity contribution is -0.130. The molecular weight excluding hydrogens is 366 g/mol. The molecule has 142 valence electrons. The van der Waals surface area contributed by atoms with E-state index in [-0.39, 0.29) is 24.1 Å². The Labute approximate surface area is 163 Å². The van der Waals surface area contributed by atoms with Gasteiger partial charge in [-0.15, -0.1) is 0 Å². The molecule has 6 nitrogen and oxygen atoms in total. The van der Waals surface area contributed by atoms with Crippen molar-refractivity contribution in [2.75, 3.05) is 17.2 Å². The predicted octanol–water partition coefficient (Wildman–Crippen LogP) is 3.68. The van der Waals surface area contributed by atoms with Crippen molar-refractivity contribution in [2.45, 2.75) is 26.8 Å². The molecule has 7 heteroatoms. The molecule has 2 N–H and O–H groups in total. The van der Waals surface area contributed by atoms with Crippen LogP contribution in [0.1, 0.15) is 25.8 Å². The van der Waals surface area contributed by atoms with Crippen LogP contribution < -0.4 is 10.6 Å². The largest absolute Gasteiger partial charge is 0.338 e. The van der Waals surface area contributed by atoms with Crippen LogP contribution in [0.3, 0.4) is 0 Å². The predicted molar refractivity (Wildman–Crippen MR) is 107 cm³/mol. The Hall–Kier alpha value is -2.86. The SMILES string of the molecule is CC(=O)Nc1ccc(NC(=O)CCN(Cc2ccc(Cl)cc2)C(C)=O)cc1. The molecule has 0 saturated carbocycles. The Morgan fingerprint density at radius 1 is 0.889 bits per heavy atom. The first-order chi connectivity index (χ1) is 12.8. The molecule has 0 atom stereocenters. The lowest BCUT2D eigenvalue weighted by atomic mass is 10.2. The van der Waals surface area contributed by atoms with E-state index < -0.39 is 0 Å². The van der Waals surface area contributed by atoms with Gasteiger partial charge in [-0.1, -0.05) is 23.7 Å². The van der Waals surface area contributed by atoms with Gasteiger partial charge in [-0.25, -0.2) is 0 Å². The van der Waals surface area contributed by atoms with Crippen molar-refractivity contribution in [3.05, 3.63) is 59.1 Å². The van der Waals surface area contributed by atoms with Crippen LogP contribution in [0.2, 0.25) is 5.02 Å². The van der Waals surface area contributed by atoms with Gasteiger partial charge < -0.3 is 15.5 Å². The third-order valence-corrected chi connectivity index (χ3v) is 4.08. The molecule has 0 bridgehead atoms. The van der Waals surface area contributed by atoms with E-state index in [1.54, 1.807) is 41.3 Å². The first-order valence-corrected chi connectivity index (χ1v) is 8.89. The van der Waals surface area contributed by atoms with Crippen LogP contribution in [-0.4, -0.2) is 29.2 Å². The van der Waals surface area contributed by atoms with Gasteiger partial charge in [0.1, 0.15) is 0 Å². The van der Waals surface area contributed by atoms with Crippen molar-refractivity contribution in [2.24, 2.45) is 0 Å². The molecule has 0 aliphatic heterocycles. The number of anilines is 2. The summed E-state index contributed by atoms with van der Waals surface area (Å²) in [5.74, 6) is -0.446. The van der Waals surface area contributed by atoms with E-state index >= 15 is 0 Å². The molecule has 0 saturated heterocycles. The number of carbonyl (C=O) groups excluding carboxylic acids is 3. The number of hydrogen-bond donors (Lipinski definition) is 2. The van der Waals surface area contributed by atoms with Crippen LogP contribution in [0.4, 0.5) is 11.4 Å². The Morgan fingerprint density at radius 2 is 1.44 bits per heavy atom. The second kappa shape index (κ2) is 9.73. The maximum atomic E-state index is 12.2. The summed E-state index contributed by atoms with van der Waals surface area (Å²) in [6.07, 6.45) is 0.181. The third kappa shape index (κ3) is 7.11. The molecule has 0 aromatic heterocycles. The summed E-state index contributed by atoms with van der Waals surface area (Å²) in [6, 6.07) is 14.1. The number of benzene rings is 2. The number of rotatable bonds is 7. The van der Waals surface area contributed by atoms with E-state index in [0.29, 0.717) is 29.5 Å². The fraction of sp³-hybridized carbons (Fsp3) is 0.250. The topological polar surface area (TPSA) is 78.5 Å². The fourth-order valence-corrected chi connectivity index (χ4v) is 2.58. The van der Waals surface area contributed by atoms with Crippen molar-refractivity contribution in [1.29, 1.82) is 0 Å². The lowest BCUT2D eigenvalue weighted by Gasteiger charge is -2.21. The molecule has 2 aromatic rings. The van der Waals surface area contributed by atoms with Gasteiger partial charge >= 0.3 is 0 Å². The van der Waals surface area contributed by atoms with Crippen molar-refractivity contribution in [1.82, 2.24) is 4.90 Å². The molecule has 3 amide bonds. The van der Waals surface area contributed by atoms with Crippen molar-refractivity contribution in [3.8, 4) is 0 Å². The van der Waals surface area contributed by atoms with Gasteiger partial charge in [-0.3, -0.25) is 14.4 Å². The molecule has 0 fully saturated rings. The summed E-state index contributed by atoms with van der Waals surface area (Å²) in [5, 5.41) is 6.08. The highest BCUT2D eigenvalue weighted by molar-refractivity contribution is 6.30. The summed E-state index contributed by atoms with van der Waals surface area (Å²) in [6.45, 7) is 3.65. The van der Waals surface area contributed by atoms with Gasteiger partial charge in [0.05, 0.1) is 0 Å². The molecule has 2 rings (SSSR count). The Kier molecular flexibility index (Phi) is 7.37. The maximum absolute atomic E-state index is 12.2. The fourth-order valence-electron chi connectivity index (χ4n) is 2.46. The summed E-state index contributed by atoms with van der Waals surface area (Å²) in [7, 11) is 0. The minimum atomic E-state index is -0.190. The Morgan fingerprint density at radius 3 is 1.96 bits per heavy atom. The average molecular weight is 388 g/mol. The van der Waals surface area contributed by atoms with Crippen LogP contribution in [0.15, 0.2) is 48.5 Å². The van der Waals surface area contributed by atoms with E-state index in [9.17, 15) is 14.4 Å². The molecule has 0 spiro atoms. The number of halogens is 1. The van der Waals surface area contributed by atoms with Gasteiger partial charge in [-0.05, 0) is 42.0 Å². The number of hydrogen-bond acceptors (Lipinski definition) is 3. The third-order valence-electron chi connectivity index (χ3n) is 3.83. The number of nitrogens with one attached hydrogen (secondary N) is 2. The molecule has 0 radical (unpaired) electrons. The van der Waals surface area contributed by atoms with Crippen LogP contribution in [0.25, 0.3) is 0 Å². The minimum absolute atomic E-state index is 0.0996. The highest BCUT2D eigenvalue weighted by Crippen LogP contribution is 2.15. The van der Waals surface area contributed by atoms with Gasteiger partial charge in [0.25, 0.3) is 0 Å². The standard InChI is InChI=1S/C20H22ClN3O3/c1-14(25)22-18-7-9-19(10-8-18)23-20(27)11-12-24(15(2)26)13-16-3-5-17(21)6-4-16/h3-10H,11-13H2,1-2H3,(H,22,25)(H,23,27).